The van der Waals surface area contributed by atoms with Crippen LogP contribution in [0.4, 0.5) is 11.6 Å². The maximum atomic E-state index is 5.38. The van der Waals surface area contributed by atoms with E-state index in [9.17, 15) is 0 Å². The molecule has 108 valence electrons. The Labute approximate surface area is 114 Å². The number of nitrogen functional groups attached to an aromatic ring is 1. The highest BCUT2D eigenvalue weighted by Gasteiger charge is 2.09. The number of ether oxygens (including phenoxy) is 2. The molecule has 1 aromatic heterocycles. The minimum Gasteiger partial charge on any atom is -0.380 e. The summed E-state index contributed by atoms with van der Waals surface area (Å²) in [6.45, 7) is 8.12. The molecule has 3 N–H and O–H groups in total. The number of aromatic nitrogens is 2. The predicted octanol–water partition coefficient (Wildman–Crippen LogP) is 0.642. The van der Waals surface area contributed by atoms with E-state index in [2.05, 4.69) is 20.3 Å². The maximum absolute atomic E-state index is 5.38. The van der Waals surface area contributed by atoms with E-state index >= 15 is 0 Å². The van der Waals surface area contributed by atoms with Crippen molar-refractivity contribution in [1.29, 1.82) is 0 Å². The van der Waals surface area contributed by atoms with Gasteiger partial charge < -0.3 is 19.8 Å². The average molecular weight is 269 g/mol. The minimum atomic E-state index is 0.537. The Bertz CT molecular complexity index is 341. The van der Waals surface area contributed by atoms with Gasteiger partial charge in [0.1, 0.15) is 5.82 Å². The van der Waals surface area contributed by atoms with E-state index in [0.29, 0.717) is 32.2 Å². The summed E-state index contributed by atoms with van der Waals surface area (Å²) in [6.07, 6.45) is 3.28. The Morgan fingerprint density at radius 1 is 1.16 bits per heavy atom. The second kappa shape index (κ2) is 9.48. The molecule has 0 unspecified atom stereocenters. The van der Waals surface area contributed by atoms with Crippen molar-refractivity contribution in [1.82, 2.24) is 9.97 Å². The van der Waals surface area contributed by atoms with Crippen molar-refractivity contribution >= 4 is 11.6 Å². The van der Waals surface area contributed by atoms with E-state index in [1.807, 2.05) is 13.8 Å². The normalized spacial score (nSPS) is 10.5. The van der Waals surface area contributed by atoms with Gasteiger partial charge in [-0.25, -0.2) is 10.8 Å². The van der Waals surface area contributed by atoms with Crippen LogP contribution in [0.25, 0.3) is 0 Å². The van der Waals surface area contributed by atoms with Crippen molar-refractivity contribution in [3.8, 4) is 0 Å². The van der Waals surface area contributed by atoms with Gasteiger partial charge in [0.25, 0.3) is 0 Å². The van der Waals surface area contributed by atoms with Crippen LogP contribution >= 0.6 is 0 Å². The zero-order valence-electron chi connectivity index (χ0n) is 11.6. The first kappa shape index (κ1) is 15.6. The smallest absolute Gasteiger partial charge is 0.160 e. The summed E-state index contributed by atoms with van der Waals surface area (Å²) in [7, 11) is 0. The molecule has 0 aliphatic heterocycles. The van der Waals surface area contributed by atoms with Crippen molar-refractivity contribution < 1.29 is 9.47 Å². The fourth-order valence-electron chi connectivity index (χ4n) is 1.56. The van der Waals surface area contributed by atoms with Crippen molar-refractivity contribution in [2.75, 3.05) is 49.8 Å². The number of nitrogens with zero attached hydrogens (tertiary/aromatic N) is 3. The maximum Gasteiger partial charge on any atom is 0.160 e. The second-order valence-electron chi connectivity index (χ2n) is 3.79. The molecule has 0 aliphatic carbocycles. The lowest BCUT2D eigenvalue weighted by Crippen LogP contribution is -2.32. The molecule has 0 radical (unpaired) electrons. The Balaban J connectivity index is 2.63. The molecule has 0 spiro atoms. The van der Waals surface area contributed by atoms with Crippen LogP contribution in [0.15, 0.2) is 12.4 Å². The lowest BCUT2D eigenvalue weighted by Gasteiger charge is -2.23. The highest BCUT2D eigenvalue weighted by atomic mass is 16.5. The van der Waals surface area contributed by atoms with Crippen LogP contribution in [0.2, 0.25) is 0 Å². The number of rotatable bonds is 10. The first-order chi connectivity index (χ1) is 9.31. The third-order valence-electron chi connectivity index (χ3n) is 2.51. The summed E-state index contributed by atoms with van der Waals surface area (Å²) in [5.41, 5.74) is 2.49. The molecule has 1 aromatic rings. The molecule has 0 aliphatic rings. The number of hydrogen-bond acceptors (Lipinski definition) is 7. The monoisotopic (exact) mass is 269 g/mol. The quantitative estimate of drug-likeness (QED) is 0.366. The minimum absolute atomic E-state index is 0.537. The van der Waals surface area contributed by atoms with Gasteiger partial charge >= 0.3 is 0 Å². The number of anilines is 2. The van der Waals surface area contributed by atoms with E-state index in [4.69, 9.17) is 15.3 Å². The highest BCUT2D eigenvalue weighted by Crippen LogP contribution is 2.11. The van der Waals surface area contributed by atoms with Crippen LogP contribution in [0, 0.1) is 0 Å². The van der Waals surface area contributed by atoms with Crippen LogP contribution in [0.1, 0.15) is 13.8 Å². The summed E-state index contributed by atoms with van der Waals surface area (Å²) in [4.78, 5) is 10.5. The van der Waals surface area contributed by atoms with Gasteiger partial charge in [-0.15, -0.1) is 0 Å². The van der Waals surface area contributed by atoms with Gasteiger partial charge in [0, 0.05) is 26.3 Å². The first-order valence-corrected chi connectivity index (χ1v) is 6.50. The lowest BCUT2D eigenvalue weighted by molar-refractivity contribution is 0.141. The van der Waals surface area contributed by atoms with E-state index in [1.165, 1.54) is 0 Å². The summed E-state index contributed by atoms with van der Waals surface area (Å²) in [5, 5.41) is 0. The van der Waals surface area contributed by atoms with Crippen molar-refractivity contribution in [2.45, 2.75) is 13.8 Å². The van der Waals surface area contributed by atoms with Crippen LogP contribution in [-0.2, 0) is 9.47 Å². The molecular formula is C12H23N5O2. The standard InChI is InChI=1S/C12H23N5O2/c1-3-18-7-5-17(6-8-19-4-2)12-10-14-9-11(15-12)16-13/h9-10H,3-8,13H2,1-2H3,(H,15,16). The van der Waals surface area contributed by atoms with Crippen LogP contribution in [0.5, 0.6) is 0 Å². The Morgan fingerprint density at radius 3 is 2.32 bits per heavy atom. The van der Waals surface area contributed by atoms with Gasteiger partial charge in [0.2, 0.25) is 0 Å². The molecule has 0 saturated carbocycles. The third kappa shape index (κ3) is 5.82. The summed E-state index contributed by atoms with van der Waals surface area (Å²) >= 11 is 0. The van der Waals surface area contributed by atoms with E-state index < -0.39 is 0 Å². The molecule has 0 amide bonds. The van der Waals surface area contributed by atoms with Gasteiger partial charge in [0.05, 0.1) is 25.6 Å². The molecule has 0 fully saturated rings. The Hall–Kier alpha value is -1.44. The third-order valence-corrected chi connectivity index (χ3v) is 2.51. The van der Waals surface area contributed by atoms with Crippen molar-refractivity contribution in [3.63, 3.8) is 0 Å². The number of hydrazine groups is 1. The molecule has 0 saturated heterocycles. The average Bonchev–Trinajstić information content (AvgIpc) is 2.46. The molecule has 19 heavy (non-hydrogen) atoms. The largest absolute Gasteiger partial charge is 0.380 e. The van der Waals surface area contributed by atoms with Gasteiger partial charge in [-0.1, -0.05) is 0 Å². The predicted molar refractivity (Wildman–Crippen MR) is 75.0 cm³/mol. The number of nitrogens with one attached hydrogen (secondary N) is 1. The number of nitrogens with two attached hydrogens (primary N) is 1. The fourth-order valence-corrected chi connectivity index (χ4v) is 1.56. The molecule has 0 aromatic carbocycles. The zero-order valence-corrected chi connectivity index (χ0v) is 11.6. The van der Waals surface area contributed by atoms with Gasteiger partial charge in [-0.3, -0.25) is 4.98 Å². The molecule has 7 nitrogen and oxygen atoms in total. The Kier molecular flexibility index (Phi) is 7.80. The van der Waals surface area contributed by atoms with Gasteiger partial charge in [0.15, 0.2) is 5.82 Å². The van der Waals surface area contributed by atoms with Crippen molar-refractivity contribution in [2.24, 2.45) is 5.84 Å². The molecule has 1 heterocycles. The molecule has 0 bridgehead atoms. The van der Waals surface area contributed by atoms with Crippen LogP contribution in [0.3, 0.4) is 0 Å². The summed E-state index contributed by atoms with van der Waals surface area (Å²) in [6, 6.07) is 0. The van der Waals surface area contributed by atoms with Gasteiger partial charge in [-0.05, 0) is 13.8 Å². The number of hydrogen-bond donors (Lipinski definition) is 2. The van der Waals surface area contributed by atoms with E-state index in [1.54, 1.807) is 12.4 Å². The molecule has 1 rings (SSSR count). The zero-order chi connectivity index (χ0) is 13.9. The second-order valence-corrected chi connectivity index (χ2v) is 3.79. The van der Waals surface area contributed by atoms with E-state index in [-0.39, 0.29) is 0 Å². The molecular weight excluding hydrogens is 246 g/mol. The van der Waals surface area contributed by atoms with Crippen molar-refractivity contribution in [3.05, 3.63) is 12.4 Å². The van der Waals surface area contributed by atoms with E-state index in [0.717, 1.165) is 18.9 Å². The fraction of sp³-hybridized carbons (Fsp3) is 0.667. The van der Waals surface area contributed by atoms with Crippen LogP contribution in [-0.4, -0.2) is 49.5 Å². The van der Waals surface area contributed by atoms with Crippen LogP contribution < -0.4 is 16.2 Å². The topological polar surface area (TPSA) is 85.5 Å². The van der Waals surface area contributed by atoms with Gasteiger partial charge in [-0.2, -0.15) is 0 Å². The summed E-state index contributed by atoms with van der Waals surface area (Å²) in [5.74, 6) is 6.64. The molecule has 0 atom stereocenters. The SMILES string of the molecule is CCOCCN(CCOCC)c1cncc(NN)n1. The lowest BCUT2D eigenvalue weighted by atomic mass is 10.4. The first-order valence-electron chi connectivity index (χ1n) is 6.50. The molecule has 7 heteroatoms. The summed E-state index contributed by atoms with van der Waals surface area (Å²) < 4.78 is 10.8. The highest BCUT2D eigenvalue weighted by molar-refractivity contribution is 5.43. The Morgan fingerprint density at radius 2 is 1.79 bits per heavy atom.